The van der Waals surface area contributed by atoms with Gasteiger partial charge in [0.1, 0.15) is 11.4 Å². The van der Waals surface area contributed by atoms with Crippen molar-refractivity contribution in [1.82, 2.24) is 0 Å². The molecule has 0 aromatic heterocycles. The molecule has 2 aromatic carbocycles. The summed E-state index contributed by atoms with van der Waals surface area (Å²) in [6.07, 6.45) is 0.885. The van der Waals surface area contributed by atoms with Crippen molar-refractivity contribution in [2.45, 2.75) is 13.3 Å². The van der Waals surface area contributed by atoms with Gasteiger partial charge in [-0.1, -0.05) is 25.1 Å². The van der Waals surface area contributed by atoms with Crippen molar-refractivity contribution in [3.63, 3.8) is 0 Å². The minimum absolute atomic E-state index is 0.0584. The summed E-state index contributed by atoms with van der Waals surface area (Å²) in [7, 11) is 1.64. The second-order valence-electron chi connectivity index (χ2n) is 4.26. The highest BCUT2D eigenvalue weighted by molar-refractivity contribution is 5.68. The lowest BCUT2D eigenvalue weighted by Gasteiger charge is -2.09. The highest BCUT2D eigenvalue weighted by atomic mass is 16.6. The van der Waals surface area contributed by atoms with E-state index < -0.39 is 4.92 Å². The predicted octanol–water partition coefficient (Wildman–Crippen LogP) is 3.99. The number of rotatable bonds is 5. The van der Waals surface area contributed by atoms with Crippen molar-refractivity contribution in [3.05, 3.63) is 58.1 Å². The lowest BCUT2D eigenvalue weighted by molar-refractivity contribution is -0.384. The Kier molecular flexibility index (Phi) is 4.20. The minimum Gasteiger partial charge on any atom is -0.450 e. The molecule has 0 spiro atoms. The maximum absolute atomic E-state index is 11.2. The molecule has 0 atom stereocenters. The summed E-state index contributed by atoms with van der Waals surface area (Å²) < 4.78 is 5.67. The SMILES string of the molecule is CCc1cccc(Oc2cccc(NC)c2[N+](=O)[O-])c1. The van der Waals surface area contributed by atoms with Gasteiger partial charge < -0.3 is 10.1 Å². The average Bonchev–Trinajstić information content (AvgIpc) is 2.46. The van der Waals surface area contributed by atoms with Crippen LogP contribution in [0.4, 0.5) is 11.4 Å². The van der Waals surface area contributed by atoms with E-state index in [0.29, 0.717) is 11.4 Å². The van der Waals surface area contributed by atoms with Gasteiger partial charge in [0.25, 0.3) is 0 Å². The number of hydrogen-bond acceptors (Lipinski definition) is 4. The van der Waals surface area contributed by atoms with Crippen LogP contribution in [0.5, 0.6) is 11.5 Å². The molecule has 0 amide bonds. The molecule has 0 heterocycles. The van der Waals surface area contributed by atoms with Crippen LogP contribution in [0.2, 0.25) is 0 Å². The molecule has 0 saturated carbocycles. The number of hydrogen-bond donors (Lipinski definition) is 1. The molecular weight excluding hydrogens is 256 g/mol. The maximum atomic E-state index is 11.2. The molecule has 20 heavy (non-hydrogen) atoms. The monoisotopic (exact) mass is 272 g/mol. The zero-order valence-corrected chi connectivity index (χ0v) is 11.4. The van der Waals surface area contributed by atoms with E-state index in [9.17, 15) is 10.1 Å². The lowest BCUT2D eigenvalue weighted by Crippen LogP contribution is -1.99. The van der Waals surface area contributed by atoms with E-state index in [-0.39, 0.29) is 11.4 Å². The Morgan fingerprint density at radius 2 is 2.00 bits per heavy atom. The zero-order valence-electron chi connectivity index (χ0n) is 11.4. The second-order valence-corrected chi connectivity index (χ2v) is 4.26. The summed E-state index contributed by atoms with van der Waals surface area (Å²) in [5.41, 5.74) is 1.49. The molecule has 104 valence electrons. The highest BCUT2D eigenvalue weighted by Gasteiger charge is 2.20. The lowest BCUT2D eigenvalue weighted by atomic mass is 10.1. The van der Waals surface area contributed by atoms with Crippen LogP contribution < -0.4 is 10.1 Å². The molecule has 0 radical (unpaired) electrons. The number of nitrogens with zero attached hydrogens (tertiary/aromatic N) is 1. The second kappa shape index (κ2) is 6.06. The molecule has 2 rings (SSSR count). The Morgan fingerprint density at radius 3 is 2.65 bits per heavy atom. The van der Waals surface area contributed by atoms with E-state index in [1.54, 1.807) is 31.3 Å². The molecular formula is C15H16N2O3. The third-order valence-electron chi connectivity index (χ3n) is 2.99. The molecule has 0 bridgehead atoms. The Balaban J connectivity index is 2.40. The van der Waals surface area contributed by atoms with E-state index in [1.807, 2.05) is 25.1 Å². The summed E-state index contributed by atoms with van der Waals surface area (Å²) >= 11 is 0. The van der Waals surface area contributed by atoms with Crippen molar-refractivity contribution in [3.8, 4) is 11.5 Å². The van der Waals surface area contributed by atoms with Gasteiger partial charge in [0, 0.05) is 7.05 Å². The first kappa shape index (κ1) is 13.9. The van der Waals surface area contributed by atoms with Crippen molar-refractivity contribution < 1.29 is 9.66 Å². The molecule has 0 saturated heterocycles. The van der Waals surface area contributed by atoms with Crippen LogP contribution in [0.15, 0.2) is 42.5 Å². The van der Waals surface area contributed by atoms with E-state index in [2.05, 4.69) is 5.32 Å². The van der Waals surface area contributed by atoms with Crippen molar-refractivity contribution in [2.24, 2.45) is 0 Å². The Morgan fingerprint density at radius 1 is 1.25 bits per heavy atom. The van der Waals surface area contributed by atoms with Gasteiger partial charge in [-0.25, -0.2) is 0 Å². The summed E-state index contributed by atoms with van der Waals surface area (Å²) in [5, 5.41) is 14.0. The van der Waals surface area contributed by atoms with Gasteiger partial charge >= 0.3 is 5.69 Å². The normalized spacial score (nSPS) is 10.1. The van der Waals surface area contributed by atoms with Crippen LogP contribution in [0.1, 0.15) is 12.5 Å². The van der Waals surface area contributed by atoms with E-state index in [4.69, 9.17) is 4.74 Å². The fraction of sp³-hybridized carbons (Fsp3) is 0.200. The number of anilines is 1. The third kappa shape index (κ3) is 2.88. The molecule has 0 aliphatic carbocycles. The number of benzene rings is 2. The van der Waals surface area contributed by atoms with Gasteiger partial charge in [0.2, 0.25) is 5.75 Å². The van der Waals surface area contributed by atoms with Crippen LogP contribution in [-0.4, -0.2) is 12.0 Å². The number of ether oxygens (including phenoxy) is 1. The van der Waals surface area contributed by atoms with Gasteiger partial charge in [-0.15, -0.1) is 0 Å². The summed E-state index contributed by atoms with van der Waals surface area (Å²) in [6.45, 7) is 2.04. The summed E-state index contributed by atoms with van der Waals surface area (Å²) in [6, 6.07) is 12.5. The van der Waals surface area contributed by atoms with Gasteiger partial charge in [-0.05, 0) is 36.2 Å². The Labute approximate surface area is 117 Å². The fourth-order valence-electron chi connectivity index (χ4n) is 1.95. The first-order valence-corrected chi connectivity index (χ1v) is 6.37. The van der Waals surface area contributed by atoms with Crippen molar-refractivity contribution in [1.29, 1.82) is 0 Å². The number of nitro groups is 1. The van der Waals surface area contributed by atoms with E-state index in [1.165, 1.54) is 0 Å². The van der Waals surface area contributed by atoms with Crippen molar-refractivity contribution in [2.75, 3.05) is 12.4 Å². The topological polar surface area (TPSA) is 64.4 Å². The molecule has 0 fully saturated rings. The predicted molar refractivity (Wildman–Crippen MR) is 78.5 cm³/mol. The smallest absolute Gasteiger partial charge is 0.334 e. The van der Waals surface area contributed by atoms with Gasteiger partial charge in [0.15, 0.2) is 0 Å². The molecule has 0 unspecified atom stereocenters. The molecule has 1 N–H and O–H groups in total. The van der Waals surface area contributed by atoms with E-state index >= 15 is 0 Å². The standard InChI is InChI=1S/C15H16N2O3/c1-3-11-6-4-7-12(10-11)20-14-9-5-8-13(16-2)15(14)17(18)19/h4-10,16H,3H2,1-2H3. The van der Waals surface area contributed by atoms with E-state index in [0.717, 1.165) is 12.0 Å². The van der Waals surface area contributed by atoms with Crippen LogP contribution in [0.25, 0.3) is 0 Å². The summed E-state index contributed by atoms with van der Waals surface area (Å²) in [5.74, 6) is 0.829. The number of nitro benzene ring substituents is 1. The summed E-state index contributed by atoms with van der Waals surface area (Å²) in [4.78, 5) is 10.8. The van der Waals surface area contributed by atoms with Crippen molar-refractivity contribution >= 4 is 11.4 Å². The van der Waals surface area contributed by atoms with Crippen LogP contribution in [0, 0.1) is 10.1 Å². The number of nitrogens with one attached hydrogen (secondary N) is 1. The average molecular weight is 272 g/mol. The quantitative estimate of drug-likeness (QED) is 0.660. The molecule has 5 heteroatoms. The van der Waals surface area contributed by atoms with Crippen LogP contribution >= 0.6 is 0 Å². The fourth-order valence-corrected chi connectivity index (χ4v) is 1.95. The van der Waals surface area contributed by atoms with Crippen LogP contribution in [-0.2, 0) is 6.42 Å². The van der Waals surface area contributed by atoms with Gasteiger partial charge in [0.05, 0.1) is 4.92 Å². The molecule has 0 aliphatic rings. The number of para-hydroxylation sites is 1. The maximum Gasteiger partial charge on any atom is 0.334 e. The highest BCUT2D eigenvalue weighted by Crippen LogP contribution is 2.37. The molecule has 2 aromatic rings. The number of aryl methyl sites for hydroxylation is 1. The molecule has 0 aliphatic heterocycles. The minimum atomic E-state index is -0.440. The first-order chi connectivity index (χ1) is 9.65. The molecule has 5 nitrogen and oxygen atoms in total. The van der Waals surface area contributed by atoms with Crippen LogP contribution in [0.3, 0.4) is 0 Å². The Bertz CT molecular complexity index is 626. The zero-order chi connectivity index (χ0) is 14.5. The van der Waals surface area contributed by atoms with Gasteiger partial charge in [-0.3, -0.25) is 10.1 Å². The largest absolute Gasteiger partial charge is 0.450 e. The first-order valence-electron chi connectivity index (χ1n) is 6.37. The third-order valence-corrected chi connectivity index (χ3v) is 2.99. The Hall–Kier alpha value is -2.56. The van der Waals surface area contributed by atoms with Gasteiger partial charge in [-0.2, -0.15) is 0 Å².